The molecular weight excluding hydrogens is 440 g/mol. The van der Waals surface area contributed by atoms with Crippen LogP contribution in [0.2, 0.25) is 0 Å². The first-order valence-electron chi connectivity index (χ1n) is 10.6. The first kappa shape index (κ1) is 21.0. The van der Waals surface area contributed by atoms with E-state index < -0.39 is 5.60 Å². The van der Waals surface area contributed by atoms with E-state index in [1.54, 1.807) is 0 Å². The molecular formula is C25H29BrN2O2. The molecule has 1 fully saturated rings. The van der Waals surface area contributed by atoms with Gasteiger partial charge >= 0.3 is 6.09 Å². The number of fused-ring (bicyclic) bond motifs is 1. The fourth-order valence-electron chi connectivity index (χ4n) is 4.26. The van der Waals surface area contributed by atoms with Crippen LogP contribution in [-0.2, 0) is 11.3 Å². The number of ether oxygens (including phenoxy) is 1. The van der Waals surface area contributed by atoms with E-state index >= 15 is 0 Å². The maximum atomic E-state index is 12.4. The maximum Gasteiger partial charge on any atom is 0.410 e. The number of para-hydroxylation sites is 1. The molecule has 0 N–H and O–H groups in total. The van der Waals surface area contributed by atoms with E-state index in [-0.39, 0.29) is 6.09 Å². The highest BCUT2D eigenvalue weighted by molar-refractivity contribution is 9.10. The molecule has 158 valence electrons. The van der Waals surface area contributed by atoms with Crippen molar-refractivity contribution < 1.29 is 9.53 Å². The molecule has 0 unspecified atom stereocenters. The van der Waals surface area contributed by atoms with Gasteiger partial charge in [-0.15, -0.1) is 0 Å². The number of piperidine rings is 1. The van der Waals surface area contributed by atoms with Crippen LogP contribution in [0, 0.1) is 0 Å². The summed E-state index contributed by atoms with van der Waals surface area (Å²) in [6, 6.07) is 17.1. The summed E-state index contributed by atoms with van der Waals surface area (Å²) in [6.07, 6.45) is 4.05. The minimum Gasteiger partial charge on any atom is -0.444 e. The van der Waals surface area contributed by atoms with Gasteiger partial charge in [0.15, 0.2) is 0 Å². The minimum atomic E-state index is -0.451. The summed E-state index contributed by atoms with van der Waals surface area (Å²) in [6.45, 7) is 8.07. The predicted octanol–water partition coefficient (Wildman–Crippen LogP) is 6.57. The Morgan fingerprint density at radius 2 is 1.83 bits per heavy atom. The second-order valence-corrected chi connectivity index (χ2v) is 10.0. The van der Waals surface area contributed by atoms with Gasteiger partial charge in [-0.3, -0.25) is 0 Å². The van der Waals surface area contributed by atoms with Crippen molar-refractivity contribution in [3.05, 3.63) is 70.3 Å². The molecule has 1 saturated heterocycles. The van der Waals surface area contributed by atoms with Crippen molar-refractivity contribution >= 4 is 32.9 Å². The van der Waals surface area contributed by atoms with Crippen LogP contribution in [0.5, 0.6) is 0 Å². The molecule has 5 heteroatoms. The third-order valence-corrected chi connectivity index (χ3v) is 6.14. The predicted molar refractivity (Wildman–Crippen MR) is 125 cm³/mol. The molecule has 4 rings (SSSR count). The normalized spacial score (nSPS) is 15.5. The van der Waals surface area contributed by atoms with Crippen molar-refractivity contribution in [2.45, 2.75) is 51.7 Å². The van der Waals surface area contributed by atoms with Crippen LogP contribution in [0.15, 0.2) is 59.2 Å². The molecule has 0 bridgehead atoms. The standard InChI is InChI=1S/C25H29BrN2O2/c1-25(2,3)30-24(29)27-13-11-19(12-14-27)22-17-28(23-10-5-4-9-21(22)23)16-18-7-6-8-20(26)15-18/h4-10,15,17,19H,11-14,16H2,1-3H3. The fourth-order valence-corrected chi connectivity index (χ4v) is 4.71. The summed E-state index contributed by atoms with van der Waals surface area (Å²) in [7, 11) is 0. The van der Waals surface area contributed by atoms with Crippen LogP contribution >= 0.6 is 15.9 Å². The van der Waals surface area contributed by atoms with Crippen molar-refractivity contribution in [1.82, 2.24) is 9.47 Å². The first-order valence-corrected chi connectivity index (χ1v) is 11.4. The van der Waals surface area contributed by atoms with E-state index in [4.69, 9.17) is 4.74 Å². The van der Waals surface area contributed by atoms with E-state index in [0.29, 0.717) is 5.92 Å². The lowest BCUT2D eigenvalue weighted by Crippen LogP contribution is -2.41. The van der Waals surface area contributed by atoms with Gasteiger partial charge in [0.1, 0.15) is 5.60 Å². The quantitative estimate of drug-likeness (QED) is 0.435. The summed E-state index contributed by atoms with van der Waals surface area (Å²) in [5.41, 5.74) is 3.48. The molecule has 0 spiro atoms. The number of nitrogens with zero attached hydrogens (tertiary/aromatic N) is 2. The van der Waals surface area contributed by atoms with E-state index in [1.807, 2.05) is 25.7 Å². The van der Waals surface area contributed by atoms with Gasteiger partial charge in [-0.1, -0.05) is 46.3 Å². The van der Waals surface area contributed by atoms with Crippen molar-refractivity contribution in [1.29, 1.82) is 0 Å². The molecule has 1 aliphatic rings. The van der Waals surface area contributed by atoms with Crippen LogP contribution < -0.4 is 0 Å². The van der Waals surface area contributed by atoms with Crippen LogP contribution in [0.4, 0.5) is 4.79 Å². The van der Waals surface area contributed by atoms with Gasteiger partial charge < -0.3 is 14.2 Å². The number of likely N-dealkylation sites (tertiary alicyclic amines) is 1. The molecule has 2 heterocycles. The van der Waals surface area contributed by atoms with Crippen molar-refractivity contribution in [3.63, 3.8) is 0 Å². The molecule has 1 aliphatic heterocycles. The lowest BCUT2D eigenvalue weighted by Gasteiger charge is -2.33. The summed E-state index contributed by atoms with van der Waals surface area (Å²) in [5.74, 6) is 0.456. The number of halogens is 1. The van der Waals surface area contributed by atoms with Gasteiger partial charge in [-0.25, -0.2) is 4.79 Å². The summed E-state index contributed by atoms with van der Waals surface area (Å²) >= 11 is 3.58. The Morgan fingerprint density at radius 3 is 2.53 bits per heavy atom. The second kappa shape index (κ2) is 8.46. The molecule has 1 aromatic heterocycles. The Labute approximate surface area is 187 Å². The third-order valence-electron chi connectivity index (χ3n) is 5.65. The van der Waals surface area contributed by atoms with E-state index in [2.05, 4.69) is 75.2 Å². The zero-order valence-corrected chi connectivity index (χ0v) is 19.5. The van der Waals surface area contributed by atoms with Gasteiger partial charge in [0.05, 0.1) is 0 Å². The van der Waals surface area contributed by atoms with Crippen molar-refractivity contribution in [2.24, 2.45) is 0 Å². The smallest absolute Gasteiger partial charge is 0.410 e. The second-order valence-electron chi connectivity index (χ2n) is 9.10. The number of carbonyl (C=O) groups is 1. The molecule has 0 saturated carbocycles. The molecule has 0 atom stereocenters. The highest BCUT2D eigenvalue weighted by Gasteiger charge is 2.28. The largest absolute Gasteiger partial charge is 0.444 e. The van der Waals surface area contributed by atoms with E-state index in [0.717, 1.165) is 36.9 Å². The van der Waals surface area contributed by atoms with Gasteiger partial charge in [0.25, 0.3) is 0 Å². The molecule has 30 heavy (non-hydrogen) atoms. The van der Waals surface area contributed by atoms with E-state index in [9.17, 15) is 4.79 Å². The number of hydrogen-bond acceptors (Lipinski definition) is 2. The molecule has 0 aliphatic carbocycles. The van der Waals surface area contributed by atoms with Gasteiger partial charge in [0.2, 0.25) is 0 Å². The van der Waals surface area contributed by atoms with Crippen LogP contribution in [0.1, 0.15) is 50.7 Å². The number of rotatable bonds is 3. The molecule has 3 aromatic rings. The average Bonchev–Trinajstić information content (AvgIpc) is 3.05. The van der Waals surface area contributed by atoms with Crippen molar-refractivity contribution in [2.75, 3.05) is 13.1 Å². The SMILES string of the molecule is CC(C)(C)OC(=O)N1CCC(c2cn(Cc3cccc(Br)c3)c3ccccc23)CC1. The van der Waals surface area contributed by atoms with Crippen LogP contribution in [-0.4, -0.2) is 34.3 Å². The number of carbonyl (C=O) groups excluding carboxylic acids is 1. The third kappa shape index (κ3) is 4.72. The average molecular weight is 469 g/mol. The Kier molecular flexibility index (Phi) is 5.92. The number of amides is 1. The molecule has 0 radical (unpaired) electrons. The Bertz CT molecular complexity index is 1040. The number of hydrogen-bond donors (Lipinski definition) is 0. The van der Waals surface area contributed by atoms with E-state index in [1.165, 1.54) is 22.0 Å². The Balaban J connectivity index is 1.53. The monoisotopic (exact) mass is 468 g/mol. The Morgan fingerprint density at radius 1 is 1.10 bits per heavy atom. The van der Waals surface area contributed by atoms with Crippen LogP contribution in [0.25, 0.3) is 10.9 Å². The lowest BCUT2D eigenvalue weighted by atomic mass is 9.89. The summed E-state index contributed by atoms with van der Waals surface area (Å²) < 4.78 is 9.00. The molecule has 1 amide bonds. The number of aromatic nitrogens is 1. The summed E-state index contributed by atoms with van der Waals surface area (Å²) in [4.78, 5) is 14.2. The van der Waals surface area contributed by atoms with Crippen LogP contribution in [0.3, 0.4) is 0 Å². The zero-order valence-electron chi connectivity index (χ0n) is 17.9. The fraction of sp³-hybridized carbons (Fsp3) is 0.400. The minimum absolute atomic E-state index is 0.196. The highest BCUT2D eigenvalue weighted by Crippen LogP contribution is 2.35. The maximum absolute atomic E-state index is 12.4. The summed E-state index contributed by atoms with van der Waals surface area (Å²) in [5, 5.41) is 1.32. The van der Waals surface area contributed by atoms with Gasteiger partial charge in [-0.2, -0.15) is 0 Å². The topological polar surface area (TPSA) is 34.5 Å². The zero-order chi connectivity index (χ0) is 21.3. The molecule has 4 nitrogen and oxygen atoms in total. The number of benzene rings is 2. The highest BCUT2D eigenvalue weighted by atomic mass is 79.9. The van der Waals surface area contributed by atoms with Crippen molar-refractivity contribution in [3.8, 4) is 0 Å². The molecule has 2 aromatic carbocycles. The lowest BCUT2D eigenvalue weighted by molar-refractivity contribution is 0.0205. The van der Waals surface area contributed by atoms with Gasteiger partial charge in [-0.05, 0) is 68.9 Å². The Hall–Kier alpha value is -2.27. The first-order chi connectivity index (χ1) is 14.3. The van der Waals surface area contributed by atoms with Gasteiger partial charge in [0, 0.05) is 41.2 Å².